The molecule has 3 aromatic rings. The minimum Gasteiger partial charge on any atom is -0.392 e. The number of fused-ring (bicyclic) bond motifs is 1. The van der Waals surface area contributed by atoms with Crippen LogP contribution in [0.5, 0.6) is 0 Å². The third-order valence-corrected chi connectivity index (χ3v) is 3.01. The monoisotopic (exact) mass is 286 g/mol. The van der Waals surface area contributed by atoms with Crippen molar-refractivity contribution in [1.29, 1.82) is 0 Å². The van der Waals surface area contributed by atoms with Crippen molar-refractivity contribution < 1.29 is 14.4 Å². The maximum atomic E-state index is 11.8. The number of H-pyrrole nitrogens is 1. The van der Waals surface area contributed by atoms with Gasteiger partial charge in [-0.3, -0.25) is 4.79 Å². The van der Waals surface area contributed by atoms with Crippen LogP contribution in [0.1, 0.15) is 17.6 Å². The molecule has 0 aliphatic carbocycles. The molecular weight excluding hydrogens is 272 g/mol. The maximum Gasteiger partial charge on any atom is 0.316 e. The molecule has 0 fully saturated rings. The van der Waals surface area contributed by atoms with Gasteiger partial charge in [0, 0.05) is 29.2 Å². The summed E-state index contributed by atoms with van der Waals surface area (Å²) in [6.45, 7) is 1.70. The summed E-state index contributed by atoms with van der Waals surface area (Å²) in [5, 5.41) is 16.4. The topological polar surface area (TPSA) is 104 Å². The van der Waals surface area contributed by atoms with E-state index in [1.54, 1.807) is 6.92 Å². The van der Waals surface area contributed by atoms with Crippen LogP contribution in [0.15, 0.2) is 35.0 Å². The third-order valence-electron chi connectivity index (χ3n) is 3.01. The van der Waals surface area contributed by atoms with Gasteiger partial charge in [0.05, 0.1) is 6.10 Å². The molecule has 7 nitrogen and oxygen atoms in total. The normalized spacial score (nSPS) is 12.5. The maximum absolute atomic E-state index is 11.8. The van der Waals surface area contributed by atoms with Crippen molar-refractivity contribution in [1.82, 2.24) is 20.4 Å². The van der Waals surface area contributed by atoms with E-state index >= 15 is 0 Å². The Labute approximate surface area is 120 Å². The van der Waals surface area contributed by atoms with Gasteiger partial charge in [0.1, 0.15) is 0 Å². The Morgan fingerprint density at radius 3 is 3.14 bits per heavy atom. The van der Waals surface area contributed by atoms with Crippen LogP contribution in [0.4, 0.5) is 0 Å². The van der Waals surface area contributed by atoms with E-state index in [0.717, 1.165) is 16.5 Å². The summed E-state index contributed by atoms with van der Waals surface area (Å²) < 4.78 is 4.97. The summed E-state index contributed by atoms with van der Waals surface area (Å²) >= 11 is 0. The standard InChI is InChI=1S/C14H14N4O3/c1-8(19)7-16-13(20)14-17-12(18-21-14)10-3-2-4-11-9(10)5-6-15-11/h2-6,8,15,19H,7H2,1H3,(H,16,20). The number of aliphatic hydroxyl groups excluding tert-OH is 1. The third kappa shape index (κ3) is 2.63. The predicted octanol–water partition coefficient (Wildman–Crippen LogP) is 1.33. The van der Waals surface area contributed by atoms with E-state index in [4.69, 9.17) is 9.63 Å². The first-order chi connectivity index (χ1) is 10.1. The number of rotatable bonds is 4. The molecule has 0 saturated carbocycles. The SMILES string of the molecule is CC(O)CNC(=O)c1nc(-c2cccc3[nH]ccc23)no1. The van der Waals surface area contributed by atoms with E-state index in [2.05, 4.69) is 20.4 Å². The van der Waals surface area contributed by atoms with E-state index in [1.165, 1.54) is 0 Å². The zero-order chi connectivity index (χ0) is 14.8. The lowest BCUT2D eigenvalue weighted by Crippen LogP contribution is -2.30. The first kappa shape index (κ1) is 13.3. The quantitative estimate of drug-likeness (QED) is 0.671. The molecule has 1 amide bonds. The number of aliphatic hydroxyl groups is 1. The summed E-state index contributed by atoms with van der Waals surface area (Å²) in [5.74, 6) is -0.281. The van der Waals surface area contributed by atoms with Crippen LogP contribution in [0.3, 0.4) is 0 Å². The highest BCUT2D eigenvalue weighted by molar-refractivity contribution is 5.94. The number of carbonyl (C=O) groups is 1. The number of aromatic nitrogens is 3. The number of carbonyl (C=O) groups excluding carboxylic acids is 1. The Bertz CT molecular complexity index is 775. The summed E-state index contributed by atoms with van der Waals surface area (Å²) in [5.41, 5.74) is 1.74. The van der Waals surface area contributed by atoms with Crippen molar-refractivity contribution in [3.63, 3.8) is 0 Å². The molecule has 0 saturated heterocycles. The lowest BCUT2D eigenvalue weighted by Gasteiger charge is -2.03. The van der Waals surface area contributed by atoms with Gasteiger partial charge < -0.3 is 19.9 Å². The lowest BCUT2D eigenvalue weighted by atomic mass is 10.1. The molecule has 21 heavy (non-hydrogen) atoms. The Morgan fingerprint density at radius 2 is 2.33 bits per heavy atom. The fraction of sp³-hybridized carbons (Fsp3) is 0.214. The van der Waals surface area contributed by atoms with Crippen molar-refractivity contribution in [2.24, 2.45) is 0 Å². The molecule has 0 radical (unpaired) electrons. The van der Waals surface area contributed by atoms with Gasteiger partial charge in [-0.05, 0) is 19.1 Å². The van der Waals surface area contributed by atoms with Gasteiger partial charge in [0.2, 0.25) is 5.82 Å². The fourth-order valence-electron chi connectivity index (χ4n) is 2.02. The number of hydrogen-bond acceptors (Lipinski definition) is 5. The molecule has 1 atom stereocenters. The molecule has 3 rings (SSSR count). The number of hydrogen-bond donors (Lipinski definition) is 3. The van der Waals surface area contributed by atoms with Crippen LogP contribution in [0.25, 0.3) is 22.3 Å². The average molecular weight is 286 g/mol. The minimum atomic E-state index is -0.634. The summed E-state index contributed by atoms with van der Waals surface area (Å²) in [6, 6.07) is 7.58. The molecule has 0 aliphatic heterocycles. The Morgan fingerprint density at radius 1 is 1.48 bits per heavy atom. The van der Waals surface area contributed by atoms with Crippen molar-refractivity contribution in [3.8, 4) is 11.4 Å². The number of aromatic amines is 1. The number of amides is 1. The fourth-order valence-corrected chi connectivity index (χ4v) is 2.02. The van der Waals surface area contributed by atoms with E-state index in [0.29, 0.717) is 5.82 Å². The Kier molecular flexibility index (Phi) is 3.41. The Hall–Kier alpha value is -2.67. The van der Waals surface area contributed by atoms with Gasteiger partial charge in [0.25, 0.3) is 0 Å². The highest BCUT2D eigenvalue weighted by atomic mass is 16.5. The van der Waals surface area contributed by atoms with Gasteiger partial charge >= 0.3 is 11.8 Å². The molecule has 2 heterocycles. The molecular formula is C14H14N4O3. The van der Waals surface area contributed by atoms with Gasteiger partial charge in [0.15, 0.2) is 0 Å². The Balaban J connectivity index is 1.88. The average Bonchev–Trinajstić information content (AvgIpc) is 3.12. The van der Waals surface area contributed by atoms with Crippen molar-refractivity contribution in [3.05, 3.63) is 36.4 Å². The summed E-state index contributed by atoms with van der Waals surface area (Å²) in [4.78, 5) is 19.0. The van der Waals surface area contributed by atoms with E-state index in [-0.39, 0.29) is 12.4 Å². The van der Waals surface area contributed by atoms with E-state index in [1.807, 2.05) is 30.5 Å². The van der Waals surface area contributed by atoms with Crippen LogP contribution in [0.2, 0.25) is 0 Å². The molecule has 108 valence electrons. The first-order valence-electron chi connectivity index (χ1n) is 6.51. The molecule has 0 spiro atoms. The van der Waals surface area contributed by atoms with Crippen LogP contribution < -0.4 is 5.32 Å². The van der Waals surface area contributed by atoms with Gasteiger partial charge in [-0.1, -0.05) is 17.3 Å². The summed E-state index contributed by atoms with van der Waals surface area (Å²) in [6.07, 6.45) is 1.19. The molecule has 1 aromatic carbocycles. The van der Waals surface area contributed by atoms with Gasteiger partial charge in [-0.15, -0.1) is 0 Å². The van der Waals surface area contributed by atoms with Crippen molar-refractivity contribution >= 4 is 16.8 Å². The smallest absolute Gasteiger partial charge is 0.316 e. The molecule has 1 unspecified atom stereocenters. The second kappa shape index (κ2) is 5.37. The molecule has 0 bridgehead atoms. The highest BCUT2D eigenvalue weighted by Gasteiger charge is 2.17. The van der Waals surface area contributed by atoms with Crippen molar-refractivity contribution in [2.45, 2.75) is 13.0 Å². The molecule has 2 aromatic heterocycles. The molecule has 3 N–H and O–H groups in total. The second-order valence-electron chi connectivity index (χ2n) is 4.73. The van der Waals surface area contributed by atoms with Crippen LogP contribution >= 0.6 is 0 Å². The van der Waals surface area contributed by atoms with Crippen molar-refractivity contribution in [2.75, 3.05) is 6.54 Å². The highest BCUT2D eigenvalue weighted by Crippen LogP contribution is 2.25. The molecule has 7 heteroatoms. The predicted molar refractivity (Wildman–Crippen MR) is 75.6 cm³/mol. The first-order valence-corrected chi connectivity index (χ1v) is 6.51. The van der Waals surface area contributed by atoms with Gasteiger partial charge in [-0.25, -0.2) is 0 Å². The minimum absolute atomic E-state index is 0.127. The van der Waals surface area contributed by atoms with Crippen LogP contribution in [-0.2, 0) is 0 Å². The zero-order valence-corrected chi connectivity index (χ0v) is 11.3. The number of nitrogens with zero attached hydrogens (tertiary/aromatic N) is 2. The second-order valence-corrected chi connectivity index (χ2v) is 4.73. The number of benzene rings is 1. The zero-order valence-electron chi connectivity index (χ0n) is 11.3. The van der Waals surface area contributed by atoms with Crippen LogP contribution in [-0.4, -0.2) is 38.8 Å². The molecule has 0 aliphatic rings. The summed E-state index contributed by atoms with van der Waals surface area (Å²) in [7, 11) is 0. The van der Waals surface area contributed by atoms with Crippen LogP contribution in [0, 0.1) is 0 Å². The van der Waals surface area contributed by atoms with Gasteiger partial charge in [-0.2, -0.15) is 4.98 Å². The lowest BCUT2D eigenvalue weighted by molar-refractivity contribution is 0.0880. The largest absolute Gasteiger partial charge is 0.392 e. The van der Waals surface area contributed by atoms with E-state index in [9.17, 15) is 4.79 Å². The van der Waals surface area contributed by atoms with E-state index < -0.39 is 12.0 Å². The number of nitrogens with one attached hydrogen (secondary N) is 2.